The lowest BCUT2D eigenvalue weighted by Crippen LogP contribution is -2.63. The molecule has 0 aromatic heterocycles. The summed E-state index contributed by atoms with van der Waals surface area (Å²) in [7, 11) is 3.10. The van der Waals surface area contributed by atoms with Gasteiger partial charge in [0.25, 0.3) is 5.91 Å². The van der Waals surface area contributed by atoms with Crippen LogP contribution in [-0.2, 0) is 14.3 Å². The molecule has 1 rings (SSSR count). The molecule has 2 N–H and O–H groups in total. The number of rotatable bonds is 4. The molecule has 2 atom stereocenters. The van der Waals surface area contributed by atoms with Crippen molar-refractivity contribution in [2.45, 2.75) is 31.9 Å². The highest BCUT2D eigenvalue weighted by atomic mass is 16.5. The molecular formula is C12H23N3O3. The zero-order valence-corrected chi connectivity index (χ0v) is 11.6. The van der Waals surface area contributed by atoms with Crippen molar-refractivity contribution in [1.82, 2.24) is 15.5 Å². The summed E-state index contributed by atoms with van der Waals surface area (Å²) in [6, 6.07) is -0.461. The van der Waals surface area contributed by atoms with E-state index in [9.17, 15) is 9.59 Å². The van der Waals surface area contributed by atoms with Gasteiger partial charge >= 0.3 is 0 Å². The Labute approximate surface area is 108 Å². The van der Waals surface area contributed by atoms with E-state index in [1.54, 1.807) is 18.9 Å². The van der Waals surface area contributed by atoms with Gasteiger partial charge in [0.2, 0.25) is 5.91 Å². The Morgan fingerprint density at radius 2 is 2.22 bits per heavy atom. The summed E-state index contributed by atoms with van der Waals surface area (Å²) in [4.78, 5) is 25.9. The average Bonchev–Trinajstić information content (AvgIpc) is 2.44. The molecule has 6 heteroatoms. The predicted molar refractivity (Wildman–Crippen MR) is 68.1 cm³/mol. The van der Waals surface area contributed by atoms with Crippen molar-refractivity contribution in [1.29, 1.82) is 0 Å². The first-order valence-corrected chi connectivity index (χ1v) is 6.28. The number of piperazine rings is 1. The molecule has 0 spiro atoms. The third-order valence-corrected chi connectivity index (χ3v) is 3.63. The zero-order chi connectivity index (χ0) is 13.8. The molecule has 1 aliphatic heterocycles. The van der Waals surface area contributed by atoms with Crippen molar-refractivity contribution in [3.05, 3.63) is 0 Å². The first-order valence-electron chi connectivity index (χ1n) is 6.28. The van der Waals surface area contributed by atoms with Crippen LogP contribution in [0.25, 0.3) is 0 Å². The molecule has 0 bridgehead atoms. The van der Waals surface area contributed by atoms with Crippen molar-refractivity contribution in [2.24, 2.45) is 0 Å². The van der Waals surface area contributed by atoms with Gasteiger partial charge in [-0.15, -0.1) is 0 Å². The highest BCUT2D eigenvalue weighted by Gasteiger charge is 2.40. The minimum atomic E-state index is -0.858. The van der Waals surface area contributed by atoms with Gasteiger partial charge in [0.1, 0.15) is 11.6 Å². The third kappa shape index (κ3) is 2.81. The molecule has 104 valence electrons. The Morgan fingerprint density at radius 3 is 2.72 bits per heavy atom. The standard InChI is InChI=1S/C12H23N3O3/c1-5-12(2,18-4)11(17)15-7-6-14-8-9(15)10(16)13-3/h9,14H,5-8H2,1-4H3,(H,13,16). The van der Waals surface area contributed by atoms with Gasteiger partial charge in [0.05, 0.1) is 0 Å². The van der Waals surface area contributed by atoms with Gasteiger partial charge in [-0.2, -0.15) is 0 Å². The third-order valence-electron chi connectivity index (χ3n) is 3.63. The van der Waals surface area contributed by atoms with E-state index in [1.807, 2.05) is 6.92 Å². The molecule has 1 heterocycles. The predicted octanol–water partition coefficient (Wildman–Crippen LogP) is -0.652. The molecule has 0 radical (unpaired) electrons. The summed E-state index contributed by atoms with van der Waals surface area (Å²) in [5.41, 5.74) is -0.858. The minimum absolute atomic E-state index is 0.123. The lowest BCUT2D eigenvalue weighted by Gasteiger charge is -2.39. The molecule has 0 saturated carbocycles. The topological polar surface area (TPSA) is 70.7 Å². The smallest absolute Gasteiger partial charge is 0.255 e. The average molecular weight is 257 g/mol. The molecule has 18 heavy (non-hydrogen) atoms. The number of carbonyl (C=O) groups is 2. The maximum atomic E-state index is 12.5. The quantitative estimate of drug-likeness (QED) is 0.702. The van der Waals surface area contributed by atoms with Gasteiger partial charge in [-0.25, -0.2) is 0 Å². The van der Waals surface area contributed by atoms with E-state index >= 15 is 0 Å². The lowest BCUT2D eigenvalue weighted by molar-refractivity contribution is -0.159. The maximum Gasteiger partial charge on any atom is 0.255 e. The van der Waals surface area contributed by atoms with Crippen molar-refractivity contribution < 1.29 is 14.3 Å². The van der Waals surface area contributed by atoms with Crippen LogP contribution in [0.15, 0.2) is 0 Å². The Kier molecular flexibility index (Phi) is 5.10. The fourth-order valence-electron chi connectivity index (χ4n) is 2.03. The fraction of sp³-hybridized carbons (Fsp3) is 0.833. The van der Waals surface area contributed by atoms with Crippen LogP contribution in [0.3, 0.4) is 0 Å². The molecule has 1 saturated heterocycles. The summed E-state index contributed by atoms with van der Waals surface area (Å²) in [5.74, 6) is -0.271. The fourth-order valence-corrected chi connectivity index (χ4v) is 2.03. The summed E-state index contributed by atoms with van der Waals surface area (Å²) in [6.07, 6.45) is 0.576. The van der Waals surface area contributed by atoms with Gasteiger partial charge in [-0.1, -0.05) is 6.92 Å². The molecule has 2 unspecified atom stereocenters. The molecule has 6 nitrogen and oxygen atoms in total. The molecule has 2 amide bonds. The first kappa shape index (κ1) is 14.9. The van der Waals surface area contributed by atoms with Gasteiger partial charge in [-0.3, -0.25) is 9.59 Å². The molecular weight excluding hydrogens is 234 g/mol. The Hall–Kier alpha value is -1.14. The second kappa shape index (κ2) is 6.15. The van der Waals surface area contributed by atoms with Crippen LogP contribution in [-0.4, -0.2) is 62.1 Å². The van der Waals surface area contributed by atoms with Crippen molar-refractivity contribution in [3.63, 3.8) is 0 Å². The van der Waals surface area contributed by atoms with Gasteiger partial charge in [0, 0.05) is 33.8 Å². The number of carbonyl (C=O) groups excluding carboxylic acids is 2. The second-order valence-electron chi connectivity index (χ2n) is 4.62. The Bertz CT molecular complexity index is 316. The number of nitrogens with zero attached hydrogens (tertiary/aromatic N) is 1. The molecule has 0 aliphatic carbocycles. The van der Waals surface area contributed by atoms with Crippen LogP contribution in [0.1, 0.15) is 20.3 Å². The van der Waals surface area contributed by atoms with E-state index in [0.717, 1.165) is 0 Å². The highest BCUT2D eigenvalue weighted by Crippen LogP contribution is 2.20. The van der Waals surface area contributed by atoms with Gasteiger partial charge in [-0.05, 0) is 13.3 Å². The second-order valence-corrected chi connectivity index (χ2v) is 4.62. The van der Waals surface area contributed by atoms with Gasteiger partial charge < -0.3 is 20.3 Å². The van der Waals surface area contributed by atoms with E-state index in [-0.39, 0.29) is 11.8 Å². The molecule has 0 aromatic rings. The van der Waals surface area contributed by atoms with Crippen LogP contribution in [0, 0.1) is 0 Å². The largest absolute Gasteiger partial charge is 0.369 e. The number of likely N-dealkylation sites (N-methyl/N-ethyl adjacent to an activating group) is 1. The summed E-state index contributed by atoms with van der Waals surface area (Å²) < 4.78 is 5.32. The monoisotopic (exact) mass is 257 g/mol. The van der Waals surface area contributed by atoms with Crippen LogP contribution >= 0.6 is 0 Å². The van der Waals surface area contributed by atoms with Crippen LogP contribution in [0.2, 0.25) is 0 Å². The van der Waals surface area contributed by atoms with E-state index in [0.29, 0.717) is 26.1 Å². The number of ether oxygens (including phenoxy) is 1. The molecule has 0 aromatic carbocycles. The summed E-state index contributed by atoms with van der Waals surface area (Å²) >= 11 is 0. The van der Waals surface area contributed by atoms with Crippen LogP contribution < -0.4 is 10.6 Å². The van der Waals surface area contributed by atoms with Crippen molar-refractivity contribution in [3.8, 4) is 0 Å². The number of methoxy groups -OCH3 is 1. The zero-order valence-electron chi connectivity index (χ0n) is 11.6. The first-order chi connectivity index (χ1) is 8.50. The SMILES string of the molecule is CCC(C)(OC)C(=O)N1CCNCC1C(=O)NC. The van der Waals surface area contributed by atoms with Crippen molar-refractivity contribution >= 4 is 11.8 Å². The number of amides is 2. The molecule has 1 aliphatic rings. The van der Waals surface area contributed by atoms with Gasteiger partial charge in [0.15, 0.2) is 0 Å². The normalized spacial score (nSPS) is 23.3. The highest BCUT2D eigenvalue weighted by molar-refractivity contribution is 5.91. The van der Waals surface area contributed by atoms with E-state index in [4.69, 9.17) is 4.74 Å². The summed E-state index contributed by atoms with van der Waals surface area (Å²) in [6.45, 7) is 5.37. The van der Waals surface area contributed by atoms with E-state index < -0.39 is 11.6 Å². The van der Waals surface area contributed by atoms with E-state index in [2.05, 4.69) is 10.6 Å². The Balaban J connectivity index is 2.90. The number of hydrogen-bond donors (Lipinski definition) is 2. The Morgan fingerprint density at radius 1 is 1.56 bits per heavy atom. The molecule has 1 fully saturated rings. The van der Waals surface area contributed by atoms with E-state index in [1.165, 1.54) is 7.11 Å². The van der Waals surface area contributed by atoms with Crippen LogP contribution in [0.5, 0.6) is 0 Å². The maximum absolute atomic E-state index is 12.5. The van der Waals surface area contributed by atoms with Crippen molar-refractivity contribution in [2.75, 3.05) is 33.8 Å². The number of nitrogens with one attached hydrogen (secondary N) is 2. The van der Waals surface area contributed by atoms with Crippen LogP contribution in [0.4, 0.5) is 0 Å². The lowest BCUT2D eigenvalue weighted by atomic mass is 9.99. The summed E-state index contributed by atoms with van der Waals surface area (Å²) in [5, 5.41) is 5.72. The minimum Gasteiger partial charge on any atom is -0.369 e. The number of hydrogen-bond acceptors (Lipinski definition) is 4.